The van der Waals surface area contributed by atoms with Crippen molar-refractivity contribution < 1.29 is 23.3 Å². The number of anilines is 1. The maximum atomic E-state index is 14.9. The number of aromatic nitrogens is 1. The van der Waals surface area contributed by atoms with E-state index in [1.54, 1.807) is 40.7 Å². The normalized spacial score (nSPS) is 13.8. The molecule has 9 heteroatoms. The van der Waals surface area contributed by atoms with Crippen LogP contribution < -0.4 is 10.0 Å². The van der Waals surface area contributed by atoms with Crippen LogP contribution in [0, 0.1) is 17.7 Å². The molecule has 0 bridgehead atoms. The Morgan fingerprint density at radius 3 is 2.45 bits per heavy atom. The zero-order valence-electron chi connectivity index (χ0n) is 19.5. The number of hydrogen-bond acceptors (Lipinski definition) is 6. The predicted octanol–water partition coefficient (Wildman–Crippen LogP) is 3.67. The molecule has 0 saturated carbocycles. The first-order valence-electron chi connectivity index (χ1n) is 10.2. The van der Waals surface area contributed by atoms with Gasteiger partial charge in [0.15, 0.2) is 0 Å². The molecule has 2 atom stereocenters. The molecule has 2 aromatic rings. The lowest BCUT2D eigenvalue weighted by atomic mass is 9.89. The van der Waals surface area contributed by atoms with Crippen LogP contribution in [0.3, 0.4) is 0 Å². The minimum atomic E-state index is -1.62. The van der Waals surface area contributed by atoms with Crippen LogP contribution in [0.4, 0.5) is 10.1 Å². The highest BCUT2D eigenvalue weighted by Gasteiger charge is 2.41. The number of methoxy groups -OCH3 is 1. The molecule has 1 aromatic heterocycles. The van der Waals surface area contributed by atoms with Crippen LogP contribution >= 0.6 is 0 Å². The van der Waals surface area contributed by atoms with E-state index >= 15 is 0 Å². The largest absolute Gasteiger partial charge is 0.598 e. The van der Waals surface area contributed by atoms with E-state index in [0.717, 1.165) is 0 Å². The number of carbonyl (C=O) groups excluding carboxylic acids is 2. The fourth-order valence-electron chi connectivity index (χ4n) is 2.87. The summed E-state index contributed by atoms with van der Waals surface area (Å²) in [6, 6.07) is 7.19. The smallest absolute Gasteiger partial charge is 0.307 e. The molecular formula is C24H28FN3O4S. The number of halogens is 1. The molecule has 1 heterocycles. The molecule has 0 radical (unpaired) electrons. The van der Waals surface area contributed by atoms with E-state index in [9.17, 15) is 18.5 Å². The van der Waals surface area contributed by atoms with E-state index in [0.29, 0.717) is 5.56 Å². The molecule has 0 aliphatic heterocycles. The van der Waals surface area contributed by atoms with Crippen molar-refractivity contribution in [1.29, 1.82) is 0 Å². The summed E-state index contributed by atoms with van der Waals surface area (Å²) in [5.74, 6) is 3.87. The molecule has 0 fully saturated rings. The van der Waals surface area contributed by atoms with E-state index in [1.807, 2.05) is 0 Å². The van der Waals surface area contributed by atoms with E-state index < -0.39 is 39.3 Å². The Morgan fingerprint density at radius 2 is 1.91 bits per heavy atom. The second kappa shape index (κ2) is 10.8. The first-order valence-corrected chi connectivity index (χ1v) is 11.3. The summed E-state index contributed by atoms with van der Waals surface area (Å²) in [4.78, 5) is 28.8. The number of hydrogen-bond donors (Lipinski definition) is 2. The lowest BCUT2D eigenvalue weighted by Crippen LogP contribution is -2.51. The third kappa shape index (κ3) is 7.02. The van der Waals surface area contributed by atoms with Crippen LogP contribution in [0.2, 0.25) is 0 Å². The Kier molecular flexibility index (Phi) is 8.61. The zero-order valence-corrected chi connectivity index (χ0v) is 20.4. The average molecular weight is 474 g/mol. The molecule has 176 valence electrons. The van der Waals surface area contributed by atoms with Crippen molar-refractivity contribution in [2.24, 2.45) is 0 Å². The summed E-state index contributed by atoms with van der Waals surface area (Å²) >= 11 is -1.62. The third-order valence-electron chi connectivity index (χ3n) is 4.68. The highest BCUT2D eigenvalue weighted by Crippen LogP contribution is 2.32. The number of amides is 1. The van der Waals surface area contributed by atoms with Gasteiger partial charge in [0.1, 0.15) is 16.3 Å². The second-order valence-electron chi connectivity index (χ2n) is 8.52. The van der Waals surface area contributed by atoms with Gasteiger partial charge in [0.25, 0.3) is 5.91 Å². The Hall–Kier alpha value is -2.93. The minimum Gasteiger partial charge on any atom is -0.598 e. The quantitative estimate of drug-likeness (QED) is 0.361. The molecule has 0 saturated heterocycles. The molecule has 1 unspecified atom stereocenters. The molecule has 1 amide bonds. The molecule has 0 aliphatic rings. The summed E-state index contributed by atoms with van der Waals surface area (Å²) in [6.45, 7) is 8.53. The van der Waals surface area contributed by atoms with Crippen LogP contribution in [0.5, 0.6) is 0 Å². The highest BCUT2D eigenvalue weighted by molar-refractivity contribution is 7.90. The van der Waals surface area contributed by atoms with Crippen molar-refractivity contribution in [3.05, 3.63) is 59.2 Å². The zero-order chi connectivity index (χ0) is 24.8. The Labute approximate surface area is 196 Å². The van der Waals surface area contributed by atoms with Gasteiger partial charge in [-0.05, 0) is 65.0 Å². The number of pyridine rings is 1. The molecule has 0 aliphatic carbocycles. The third-order valence-corrected chi connectivity index (χ3v) is 6.43. The fourth-order valence-corrected chi connectivity index (χ4v) is 3.77. The minimum absolute atomic E-state index is 0.0600. The van der Waals surface area contributed by atoms with Gasteiger partial charge >= 0.3 is 5.97 Å². The maximum Gasteiger partial charge on any atom is 0.307 e. The van der Waals surface area contributed by atoms with Crippen molar-refractivity contribution >= 4 is 28.9 Å². The lowest BCUT2D eigenvalue weighted by molar-refractivity contribution is -0.142. The number of nitrogens with zero attached hydrogens (tertiary/aromatic N) is 1. The summed E-state index contributed by atoms with van der Waals surface area (Å²) < 4.78 is 34.7. The first-order chi connectivity index (χ1) is 15.4. The maximum absolute atomic E-state index is 14.9. The molecule has 2 rings (SSSR count). The predicted molar refractivity (Wildman–Crippen MR) is 126 cm³/mol. The second-order valence-corrected chi connectivity index (χ2v) is 10.5. The molecular weight excluding hydrogens is 445 g/mol. The molecule has 33 heavy (non-hydrogen) atoms. The van der Waals surface area contributed by atoms with Crippen LogP contribution in [0.25, 0.3) is 0 Å². The number of nitrogens with one attached hydrogen (secondary N) is 2. The fraction of sp³-hybridized carbons (Fsp3) is 0.375. The standard InChI is InChI=1S/C24H28FN3O4S/c1-7-8-16-9-12-20(26-15-16)22(30)27-17-10-11-19(25)18(13-17)24(5,14-21(29)32-6)28-33(31)23(2,3)4/h9-13,15,28H,14H2,1-6H3,(H,27,30)/t24?,33-/m1/s1. The first kappa shape index (κ1) is 26.3. The number of benzene rings is 1. The number of carbonyl (C=O) groups is 2. The van der Waals surface area contributed by atoms with Crippen LogP contribution in [-0.4, -0.2) is 33.3 Å². The monoisotopic (exact) mass is 473 g/mol. The van der Waals surface area contributed by atoms with Crippen LogP contribution in [0.1, 0.15) is 62.7 Å². The number of ether oxygens (including phenoxy) is 1. The van der Waals surface area contributed by atoms with Crippen molar-refractivity contribution in [2.75, 3.05) is 12.4 Å². The molecule has 0 spiro atoms. The van der Waals surface area contributed by atoms with Gasteiger partial charge in [-0.15, -0.1) is 10.6 Å². The van der Waals surface area contributed by atoms with E-state index in [2.05, 4.69) is 26.9 Å². The van der Waals surface area contributed by atoms with Crippen molar-refractivity contribution in [3.8, 4) is 11.8 Å². The van der Waals surface area contributed by atoms with Crippen molar-refractivity contribution in [1.82, 2.24) is 9.71 Å². The van der Waals surface area contributed by atoms with E-state index in [4.69, 9.17) is 4.74 Å². The summed E-state index contributed by atoms with van der Waals surface area (Å²) in [5, 5.41) is 2.68. The van der Waals surface area contributed by atoms with Crippen molar-refractivity contribution in [3.63, 3.8) is 0 Å². The lowest BCUT2D eigenvalue weighted by Gasteiger charge is -2.35. The van der Waals surface area contributed by atoms with E-state index in [1.165, 1.54) is 37.6 Å². The van der Waals surface area contributed by atoms with Gasteiger partial charge < -0.3 is 14.6 Å². The van der Waals surface area contributed by atoms with Gasteiger partial charge in [0.05, 0.1) is 19.1 Å². The van der Waals surface area contributed by atoms with Gasteiger partial charge in [-0.2, -0.15) is 0 Å². The van der Waals surface area contributed by atoms with Gasteiger partial charge in [0, 0.05) is 34.4 Å². The van der Waals surface area contributed by atoms with Crippen LogP contribution in [0.15, 0.2) is 36.5 Å². The van der Waals surface area contributed by atoms with Gasteiger partial charge in [0.2, 0.25) is 0 Å². The van der Waals surface area contributed by atoms with Gasteiger partial charge in [-0.25, -0.2) is 9.37 Å². The topological polar surface area (TPSA) is 103 Å². The number of rotatable bonds is 7. The highest BCUT2D eigenvalue weighted by atomic mass is 32.2. The molecule has 7 nitrogen and oxygen atoms in total. The van der Waals surface area contributed by atoms with Gasteiger partial charge in [-0.1, -0.05) is 5.92 Å². The summed E-state index contributed by atoms with van der Waals surface area (Å²) in [5.41, 5.74) is -0.185. The van der Waals surface area contributed by atoms with E-state index in [-0.39, 0.29) is 23.4 Å². The summed E-state index contributed by atoms with van der Waals surface area (Å²) in [7, 11) is 1.22. The molecule has 2 N–H and O–H groups in total. The van der Waals surface area contributed by atoms with Crippen LogP contribution in [-0.2, 0) is 26.4 Å². The van der Waals surface area contributed by atoms with Crippen molar-refractivity contribution in [2.45, 2.75) is 51.3 Å². The Balaban J connectivity index is 2.38. The SMILES string of the molecule is CC#Cc1ccc(C(=O)Nc2ccc(F)c(C(C)(CC(=O)OC)N[S@+]([O-])C(C)(C)C)c2)nc1. The number of esters is 1. The summed E-state index contributed by atoms with van der Waals surface area (Å²) in [6.07, 6.45) is 1.21. The van der Waals surface area contributed by atoms with Gasteiger partial charge in [-0.3, -0.25) is 9.59 Å². The average Bonchev–Trinajstić information content (AvgIpc) is 2.74. The Morgan fingerprint density at radius 1 is 1.21 bits per heavy atom. The Bertz CT molecular complexity index is 1070. The molecule has 1 aromatic carbocycles.